The number of aryl methyl sites for hydroxylation is 1. The fraction of sp³-hybridized carbons (Fsp3) is 0.133. The fourth-order valence-electron chi connectivity index (χ4n) is 2.04. The van der Waals surface area contributed by atoms with Gasteiger partial charge < -0.3 is 5.32 Å². The van der Waals surface area contributed by atoms with Crippen molar-refractivity contribution in [1.29, 1.82) is 0 Å². The maximum absolute atomic E-state index is 12.3. The normalized spacial score (nSPS) is 10.7. The minimum absolute atomic E-state index is 0.236. The average molecular weight is 367 g/mol. The monoisotopic (exact) mass is 366 g/mol. The third-order valence-corrected chi connectivity index (χ3v) is 4.53. The molecule has 0 aliphatic carbocycles. The molecule has 2 heterocycles. The summed E-state index contributed by atoms with van der Waals surface area (Å²) in [6.45, 7) is 1.99. The van der Waals surface area contributed by atoms with Crippen molar-refractivity contribution in [3.05, 3.63) is 57.4 Å². The maximum Gasteiger partial charge on any atom is 0.259 e. The predicted octanol–water partition coefficient (Wildman–Crippen LogP) is 4.45. The maximum atomic E-state index is 12.3. The highest BCUT2D eigenvalue weighted by Crippen LogP contribution is 2.25. The average Bonchev–Trinajstić information content (AvgIpc) is 3.16. The molecule has 5 nitrogen and oxygen atoms in total. The van der Waals surface area contributed by atoms with Crippen LogP contribution in [-0.2, 0) is 6.42 Å². The van der Waals surface area contributed by atoms with Gasteiger partial charge in [-0.15, -0.1) is 11.3 Å². The summed E-state index contributed by atoms with van der Waals surface area (Å²) in [6.07, 6.45) is 3.88. The summed E-state index contributed by atoms with van der Waals surface area (Å²) in [5.41, 5.74) is 3.68. The molecule has 0 fully saturated rings. The number of hydrogen-bond donors (Lipinski definition) is 1. The lowest BCUT2D eigenvalue weighted by Crippen LogP contribution is -2.11. The number of amides is 1. The van der Waals surface area contributed by atoms with Gasteiger partial charge in [-0.2, -0.15) is 5.10 Å². The van der Waals surface area contributed by atoms with Crippen LogP contribution in [0.3, 0.4) is 0 Å². The Morgan fingerprint density at radius 3 is 2.96 bits per heavy atom. The van der Waals surface area contributed by atoms with Crippen LogP contribution in [0.2, 0.25) is 10.0 Å². The lowest BCUT2D eigenvalue weighted by Gasteiger charge is -2.04. The fourth-order valence-corrected chi connectivity index (χ4v) is 3.30. The van der Waals surface area contributed by atoms with E-state index in [4.69, 9.17) is 23.2 Å². The Labute approximate surface area is 146 Å². The topological polar surface area (TPSA) is 59.8 Å². The molecule has 23 heavy (non-hydrogen) atoms. The first-order valence-electron chi connectivity index (χ1n) is 6.82. The molecule has 0 unspecified atom stereocenters. The molecule has 2 aromatic heterocycles. The van der Waals surface area contributed by atoms with E-state index in [1.54, 1.807) is 34.6 Å². The number of rotatable bonds is 4. The quantitative estimate of drug-likeness (QED) is 0.741. The van der Waals surface area contributed by atoms with Crippen molar-refractivity contribution in [2.45, 2.75) is 13.3 Å². The van der Waals surface area contributed by atoms with Crippen LogP contribution in [0.1, 0.15) is 23.0 Å². The Balaban J connectivity index is 1.82. The second-order valence-electron chi connectivity index (χ2n) is 4.71. The number of aromatic nitrogens is 3. The molecule has 0 radical (unpaired) electrons. The van der Waals surface area contributed by atoms with Gasteiger partial charge in [-0.25, -0.2) is 9.67 Å². The van der Waals surface area contributed by atoms with Gasteiger partial charge >= 0.3 is 0 Å². The Kier molecular flexibility index (Phi) is 4.66. The van der Waals surface area contributed by atoms with Crippen LogP contribution in [0.5, 0.6) is 0 Å². The van der Waals surface area contributed by atoms with Crippen molar-refractivity contribution in [3.8, 4) is 5.69 Å². The van der Waals surface area contributed by atoms with Gasteiger partial charge in [0, 0.05) is 11.2 Å². The zero-order valence-corrected chi connectivity index (χ0v) is 14.4. The minimum Gasteiger partial charge on any atom is -0.312 e. The first-order chi connectivity index (χ1) is 11.1. The molecule has 0 atom stereocenters. The van der Waals surface area contributed by atoms with Crippen molar-refractivity contribution in [2.24, 2.45) is 0 Å². The second kappa shape index (κ2) is 6.70. The van der Waals surface area contributed by atoms with Crippen molar-refractivity contribution in [1.82, 2.24) is 14.8 Å². The number of anilines is 1. The van der Waals surface area contributed by atoms with Crippen molar-refractivity contribution >= 4 is 45.4 Å². The number of nitrogens with one attached hydrogen (secondary N) is 1. The van der Waals surface area contributed by atoms with E-state index in [9.17, 15) is 4.79 Å². The molecule has 3 rings (SSSR count). The van der Waals surface area contributed by atoms with E-state index in [1.807, 2.05) is 6.92 Å². The predicted molar refractivity (Wildman–Crippen MR) is 93.0 cm³/mol. The molecule has 0 bridgehead atoms. The van der Waals surface area contributed by atoms with Gasteiger partial charge in [0.15, 0.2) is 0 Å². The van der Waals surface area contributed by atoms with Gasteiger partial charge in [-0.3, -0.25) is 4.79 Å². The van der Waals surface area contributed by atoms with Gasteiger partial charge in [-0.05, 0) is 24.6 Å². The molecule has 0 aliphatic rings. The largest absolute Gasteiger partial charge is 0.312 e. The molecule has 1 N–H and O–H groups in total. The third kappa shape index (κ3) is 3.39. The van der Waals surface area contributed by atoms with Crippen LogP contribution in [0.4, 0.5) is 5.00 Å². The Hall–Kier alpha value is -1.89. The minimum atomic E-state index is -0.236. The Bertz CT molecular complexity index is 859. The smallest absolute Gasteiger partial charge is 0.259 e. The summed E-state index contributed by atoms with van der Waals surface area (Å²) in [5, 5.41) is 8.81. The summed E-state index contributed by atoms with van der Waals surface area (Å²) < 4.78 is 1.54. The first kappa shape index (κ1) is 16.0. The van der Waals surface area contributed by atoms with Crippen LogP contribution in [0.15, 0.2) is 36.1 Å². The number of thiazole rings is 1. The molecule has 0 saturated heterocycles. The molecule has 0 aliphatic heterocycles. The standard InChI is InChI=1S/C15H12Cl2N4OS/c1-2-12-15(23-8-18-12)20-14(22)9-6-19-21(7-9)13-4-3-10(16)5-11(13)17/h3-8H,2H2,1H3,(H,20,22). The Morgan fingerprint density at radius 2 is 2.22 bits per heavy atom. The van der Waals surface area contributed by atoms with Gasteiger partial charge in [0.05, 0.1) is 33.7 Å². The number of benzene rings is 1. The van der Waals surface area contributed by atoms with E-state index in [2.05, 4.69) is 15.4 Å². The van der Waals surface area contributed by atoms with E-state index in [0.717, 1.165) is 17.1 Å². The number of carbonyl (C=O) groups is 1. The second-order valence-corrected chi connectivity index (χ2v) is 6.40. The van der Waals surface area contributed by atoms with Crippen LogP contribution >= 0.6 is 34.5 Å². The number of nitrogens with zero attached hydrogens (tertiary/aromatic N) is 3. The van der Waals surface area contributed by atoms with Crippen LogP contribution in [-0.4, -0.2) is 20.7 Å². The number of carbonyl (C=O) groups excluding carboxylic acids is 1. The van der Waals surface area contributed by atoms with E-state index >= 15 is 0 Å². The zero-order chi connectivity index (χ0) is 16.4. The van der Waals surface area contributed by atoms with E-state index in [0.29, 0.717) is 21.3 Å². The highest BCUT2D eigenvalue weighted by atomic mass is 35.5. The molecule has 0 spiro atoms. The van der Waals surface area contributed by atoms with E-state index in [-0.39, 0.29) is 5.91 Å². The SMILES string of the molecule is CCc1ncsc1NC(=O)c1cnn(-c2ccc(Cl)cc2Cl)c1. The van der Waals surface area contributed by atoms with Gasteiger partial charge in [0.1, 0.15) is 5.00 Å². The van der Waals surface area contributed by atoms with Crippen LogP contribution in [0.25, 0.3) is 5.69 Å². The summed E-state index contributed by atoms with van der Waals surface area (Å²) in [6, 6.07) is 5.09. The molecular weight excluding hydrogens is 355 g/mol. The molecule has 0 saturated carbocycles. The van der Waals surface area contributed by atoms with Gasteiger partial charge in [0.2, 0.25) is 0 Å². The number of hydrogen-bond acceptors (Lipinski definition) is 4. The highest BCUT2D eigenvalue weighted by Gasteiger charge is 2.14. The van der Waals surface area contributed by atoms with Gasteiger partial charge in [0.25, 0.3) is 5.91 Å². The lowest BCUT2D eigenvalue weighted by atomic mass is 10.3. The summed E-state index contributed by atoms with van der Waals surface area (Å²) >= 11 is 13.4. The molecule has 1 amide bonds. The first-order valence-corrected chi connectivity index (χ1v) is 8.46. The number of halogens is 2. The lowest BCUT2D eigenvalue weighted by molar-refractivity contribution is 0.102. The zero-order valence-electron chi connectivity index (χ0n) is 12.1. The Morgan fingerprint density at radius 1 is 1.39 bits per heavy atom. The van der Waals surface area contributed by atoms with Crippen molar-refractivity contribution in [3.63, 3.8) is 0 Å². The van der Waals surface area contributed by atoms with Crippen molar-refractivity contribution in [2.75, 3.05) is 5.32 Å². The molecule has 3 aromatic rings. The molecule has 118 valence electrons. The van der Waals surface area contributed by atoms with Crippen molar-refractivity contribution < 1.29 is 4.79 Å². The van der Waals surface area contributed by atoms with Crippen LogP contribution in [0, 0.1) is 0 Å². The highest BCUT2D eigenvalue weighted by molar-refractivity contribution is 7.14. The molecule has 1 aromatic carbocycles. The summed E-state index contributed by atoms with van der Waals surface area (Å²) in [7, 11) is 0. The van der Waals surface area contributed by atoms with E-state index < -0.39 is 0 Å². The van der Waals surface area contributed by atoms with Crippen LogP contribution < -0.4 is 5.32 Å². The van der Waals surface area contributed by atoms with E-state index in [1.165, 1.54) is 17.5 Å². The molecule has 8 heteroatoms. The summed E-state index contributed by atoms with van der Waals surface area (Å²) in [5.74, 6) is -0.236. The molecular formula is C15H12Cl2N4OS. The van der Waals surface area contributed by atoms with Gasteiger partial charge in [-0.1, -0.05) is 30.1 Å². The summed E-state index contributed by atoms with van der Waals surface area (Å²) in [4.78, 5) is 16.5. The third-order valence-electron chi connectivity index (χ3n) is 3.20.